The van der Waals surface area contributed by atoms with Crippen LogP contribution < -0.4 is 9.80 Å². The summed E-state index contributed by atoms with van der Waals surface area (Å²) in [6.45, 7) is 0. The lowest BCUT2D eigenvalue weighted by Crippen LogP contribution is -2.58. The molecule has 3 heterocycles. The summed E-state index contributed by atoms with van der Waals surface area (Å²) in [6, 6.07) is 59.0. The van der Waals surface area contributed by atoms with Gasteiger partial charge in [0, 0.05) is 51.7 Å². The highest BCUT2D eigenvalue weighted by Crippen LogP contribution is 2.51. The highest BCUT2D eigenvalue weighted by atomic mass is 16.3. The summed E-state index contributed by atoms with van der Waals surface area (Å²) < 4.78 is 6.38. The fourth-order valence-electron chi connectivity index (χ4n) is 10.2. The number of rotatable bonds is 6. The van der Waals surface area contributed by atoms with E-state index < -0.39 is 0 Å². The van der Waals surface area contributed by atoms with Crippen LogP contribution in [0.1, 0.15) is 32.1 Å². The van der Waals surface area contributed by atoms with E-state index >= 15 is 0 Å². The average Bonchev–Trinajstić information content (AvgIpc) is 3.56. The molecule has 2 saturated carbocycles. The van der Waals surface area contributed by atoms with Crippen molar-refractivity contribution in [3.8, 4) is 22.3 Å². The molecule has 0 amide bonds. The molecule has 8 aromatic rings. The third-order valence-corrected chi connectivity index (χ3v) is 12.3. The van der Waals surface area contributed by atoms with E-state index in [4.69, 9.17) is 4.42 Å². The molecule has 0 spiro atoms. The molecular weight excluding hydrogens is 633 g/mol. The molecule has 3 heteroatoms. The number of hydrogen-bond acceptors (Lipinski definition) is 3. The number of piperidine rings is 2. The second-order valence-electron chi connectivity index (χ2n) is 15.4. The average molecular weight is 673 g/mol. The van der Waals surface area contributed by atoms with Crippen molar-refractivity contribution in [2.45, 2.75) is 44.2 Å². The summed E-state index contributed by atoms with van der Waals surface area (Å²) in [6.07, 6.45) is 6.99. The number of benzene rings is 7. The number of nitrogens with zero attached hydrogens (tertiary/aromatic N) is 2. The van der Waals surface area contributed by atoms with Crippen LogP contribution in [0.25, 0.3) is 55.0 Å². The van der Waals surface area contributed by atoms with Gasteiger partial charge in [0.1, 0.15) is 11.2 Å². The highest BCUT2D eigenvalue weighted by molar-refractivity contribution is 6.06. The zero-order chi connectivity index (χ0) is 34.2. The Hall–Kier alpha value is -5.80. The molecule has 2 saturated heterocycles. The fraction of sp³-hybridized carbons (Fsp3) is 0.184. The standard InChI is InChI=1S/C49H40N2O/c1-2-11-44-35(7-1)8-6-13-45(44)36-17-21-39(22-18-36)50(41-23-24-47-46-12-3-4-14-48(46)52-49(47)31-41)38-19-15-34(16-20-38)37-9-5-10-40(30-37)51-42-26-32-25-33(28-42)29-43(51)27-32/h1-24,30-33,42-43H,25-29H2. The van der Waals surface area contributed by atoms with Gasteiger partial charge in [-0.15, -0.1) is 0 Å². The van der Waals surface area contributed by atoms with Crippen LogP contribution in [0.5, 0.6) is 0 Å². The zero-order valence-electron chi connectivity index (χ0n) is 29.2. The maximum atomic E-state index is 6.38. The smallest absolute Gasteiger partial charge is 0.137 e. The fourth-order valence-corrected chi connectivity index (χ4v) is 10.2. The molecule has 4 bridgehead atoms. The Morgan fingerprint density at radius 1 is 0.442 bits per heavy atom. The summed E-state index contributed by atoms with van der Waals surface area (Å²) in [5, 5.41) is 4.80. The Kier molecular flexibility index (Phi) is 6.83. The van der Waals surface area contributed by atoms with Gasteiger partial charge < -0.3 is 14.2 Å². The van der Waals surface area contributed by atoms with E-state index in [-0.39, 0.29) is 0 Å². The second kappa shape index (κ2) is 11.9. The molecule has 1 aromatic heterocycles. The topological polar surface area (TPSA) is 19.6 Å². The van der Waals surface area contributed by atoms with Gasteiger partial charge in [0.05, 0.1) is 0 Å². The van der Waals surface area contributed by atoms with Gasteiger partial charge in [-0.1, -0.05) is 97.1 Å². The van der Waals surface area contributed by atoms with E-state index in [2.05, 4.69) is 155 Å². The van der Waals surface area contributed by atoms with E-state index in [0.717, 1.165) is 62.9 Å². The molecule has 0 unspecified atom stereocenters. The van der Waals surface area contributed by atoms with Crippen molar-refractivity contribution < 1.29 is 4.42 Å². The van der Waals surface area contributed by atoms with Crippen LogP contribution in [0, 0.1) is 11.8 Å². The third kappa shape index (κ3) is 4.94. The number of anilines is 4. The second-order valence-corrected chi connectivity index (χ2v) is 15.4. The van der Waals surface area contributed by atoms with Crippen LogP contribution in [0.4, 0.5) is 22.7 Å². The summed E-state index contributed by atoms with van der Waals surface area (Å²) in [4.78, 5) is 5.14. The number of hydrogen-bond donors (Lipinski definition) is 0. The van der Waals surface area contributed by atoms with Crippen molar-refractivity contribution in [2.75, 3.05) is 9.80 Å². The first-order chi connectivity index (χ1) is 25.7. The van der Waals surface area contributed by atoms with E-state index in [9.17, 15) is 0 Å². The molecule has 4 fully saturated rings. The van der Waals surface area contributed by atoms with Crippen molar-refractivity contribution >= 4 is 55.5 Å². The number of fused-ring (bicyclic) bond motifs is 4. The van der Waals surface area contributed by atoms with Crippen molar-refractivity contribution in [3.63, 3.8) is 0 Å². The normalized spacial score (nSPS) is 20.7. The van der Waals surface area contributed by atoms with E-state index in [1.54, 1.807) is 0 Å². The van der Waals surface area contributed by atoms with Crippen LogP contribution in [0.3, 0.4) is 0 Å². The molecule has 0 radical (unpaired) electrons. The minimum Gasteiger partial charge on any atom is -0.456 e. The highest BCUT2D eigenvalue weighted by Gasteiger charge is 2.46. The van der Waals surface area contributed by atoms with Gasteiger partial charge in [-0.2, -0.15) is 0 Å². The van der Waals surface area contributed by atoms with E-state index in [1.165, 1.54) is 70.8 Å². The predicted octanol–water partition coefficient (Wildman–Crippen LogP) is 13.3. The molecule has 12 rings (SSSR count). The first kappa shape index (κ1) is 29.9. The number of para-hydroxylation sites is 1. The van der Waals surface area contributed by atoms with Crippen LogP contribution in [-0.4, -0.2) is 12.1 Å². The third-order valence-electron chi connectivity index (χ3n) is 12.3. The lowest BCUT2D eigenvalue weighted by molar-refractivity contribution is 0.0900. The van der Waals surface area contributed by atoms with Gasteiger partial charge in [-0.3, -0.25) is 0 Å². The van der Waals surface area contributed by atoms with Gasteiger partial charge in [-0.25, -0.2) is 0 Å². The van der Waals surface area contributed by atoms with Crippen molar-refractivity contribution in [1.29, 1.82) is 0 Å². The van der Waals surface area contributed by atoms with Gasteiger partial charge in [-0.05, 0) is 132 Å². The summed E-state index contributed by atoms with van der Waals surface area (Å²) in [7, 11) is 0. The van der Waals surface area contributed by atoms with Crippen molar-refractivity contribution in [1.82, 2.24) is 0 Å². The lowest BCUT2D eigenvalue weighted by Gasteiger charge is -2.57. The molecule has 52 heavy (non-hydrogen) atoms. The Bertz CT molecular complexity index is 2570. The van der Waals surface area contributed by atoms with Crippen LogP contribution >= 0.6 is 0 Å². The molecule has 7 aromatic carbocycles. The maximum absolute atomic E-state index is 6.38. The van der Waals surface area contributed by atoms with E-state index in [0.29, 0.717) is 0 Å². The molecule has 4 aliphatic rings. The molecule has 252 valence electrons. The molecule has 0 N–H and O–H groups in total. The van der Waals surface area contributed by atoms with Gasteiger partial charge >= 0.3 is 0 Å². The van der Waals surface area contributed by atoms with Crippen LogP contribution in [-0.2, 0) is 0 Å². The minimum atomic E-state index is 0.721. The Labute approximate surface area is 304 Å². The maximum Gasteiger partial charge on any atom is 0.137 e. The van der Waals surface area contributed by atoms with Crippen molar-refractivity contribution in [3.05, 3.63) is 158 Å². The molecule has 2 aliphatic carbocycles. The predicted molar refractivity (Wildman–Crippen MR) is 217 cm³/mol. The number of furan rings is 1. The van der Waals surface area contributed by atoms with E-state index in [1.807, 2.05) is 12.1 Å². The largest absolute Gasteiger partial charge is 0.456 e. The SMILES string of the molecule is c1cc(-c2ccc(N(c3ccc(-c4cccc5ccccc45)cc3)c3ccc4c(c3)oc3ccccc34)cc2)cc(N2C3CC4CC(C3)CC2C4)c1. The monoisotopic (exact) mass is 672 g/mol. The molecule has 2 aliphatic heterocycles. The molecule has 3 nitrogen and oxygen atoms in total. The van der Waals surface area contributed by atoms with Gasteiger partial charge in [0.15, 0.2) is 0 Å². The Morgan fingerprint density at radius 2 is 1.06 bits per heavy atom. The lowest BCUT2D eigenvalue weighted by atomic mass is 9.63. The van der Waals surface area contributed by atoms with Gasteiger partial charge in [0.2, 0.25) is 0 Å². The first-order valence-corrected chi connectivity index (χ1v) is 19.0. The van der Waals surface area contributed by atoms with Gasteiger partial charge in [0.25, 0.3) is 0 Å². The summed E-state index contributed by atoms with van der Waals surface area (Å²) in [5.41, 5.74) is 11.5. The Morgan fingerprint density at radius 3 is 1.83 bits per heavy atom. The minimum absolute atomic E-state index is 0.721. The summed E-state index contributed by atoms with van der Waals surface area (Å²) in [5.74, 6) is 1.92. The zero-order valence-corrected chi connectivity index (χ0v) is 29.2. The molecule has 0 atom stereocenters. The van der Waals surface area contributed by atoms with Crippen LogP contribution in [0.2, 0.25) is 0 Å². The molecular formula is C49H40N2O. The van der Waals surface area contributed by atoms with Crippen LogP contribution in [0.15, 0.2) is 162 Å². The quantitative estimate of drug-likeness (QED) is 0.175. The summed E-state index contributed by atoms with van der Waals surface area (Å²) >= 11 is 0. The first-order valence-electron chi connectivity index (χ1n) is 19.0. The van der Waals surface area contributed by atoms with Crippen molar-refractivity contribution in [2.24, 2.45) is 11.8 Å². The Balaban J connectivity index is 0.968.